The second kappa shape index (κ2) is 8.13. The van der Waals surface area contributed by atoms with Crippen molar-refractivity contribution in [1.29, 1.82) is 0 Å². The number of amides is 1. The summed E-state index contributed by atoms with van der Waals surface area (Å²) in [7, 11) is 0. The summed E-state index contributed by atoms with van der Waals surface area (Å²) in [5.74, 6) is 1.03. The van der Waals surface area contributed by atoms with Crippen molar-refractivity contribution in [3.8, 4) is 11.4 Å². The lowest BCUT2D eigenvalue weighted by atomic mass is 9.86. The van der Waals surface area contributed by atoms with Gasteiger partial charge >= 0.3 is 0 Å². The Kier molecular flexibility index (Phi) is 5.74. The van der Waals surface area contributed by atoms with Gasteiger partial charge < -0.3 is 5.32 Å². The second-order valence-corrected chi connectivity index (χ2v) is 10.8. The molecule has 0 radical (unpaired) electrons. The van der Waals surface area contributed by atoms with Gasteiger partial charge in [-0.05, 0) is 43.6 Å². The van der Waals surface area contributed by atoms with Crippen molar-refractivity contribution in [2.75, 3.05) is 0 Å². The fourth-order valence-corrected chi connectivity index (χ4v) is 4.85. The Morgan fingerprint density at radius 2 is 1.76 bits per heavy atom. The van der Waals surface area contributed by atoms with E-state index >= 15 is 0 Å². The average Bonchev–Trinajstić information content (AvgIpc) is 3.17. The first-order valence-corrected chi connectivity index (χ1v) is 11.7. The Balaban J connectivity index is 1.61. The zero-order chi connectivity index (χ0) is 20.6. The summed E-state index contributed by atoms with van der Waals surface area (Å²) >= 11 is 1.54. The van der Waals surface area contributed by atoms with Crippen LogP contribution in [0.1, 0.15) is 77.8 Å². The highest BCUT2D eigenvalue weighted by Gasteiger charge is 2.29. The summed E-state index contributed by atoms with van der Waals surface area (Å²) < 4.78 is 2.30. The number of nitrogens with one attached hydrogen (secondary N) is 1. The zero-order valence-electron chi connectivity index (χ0n) is 17.9. The molecule has 1 heterocycles. The fraction of sp³-hybridized carbons (Fsp3) is 0.609. The first-order chi connectivity index (χ1) is 13.8. The van der Waals surface area contributed by atoms with Gasteiger partial charge in [-0.1, -0.05) is 69.6 Å². The minimum atomic E-state index is -0.170. The van der Waals surface area contributed by atoms with Gasteiger partial charge in [0.25, 0.3) is 0 Å². The van der Waals surface area contributed by atoms with E-state index < -0.39 is 0 Å². The molecule has 5 nitrogen and oxygen atoms in total. The van der Waals surface area contributed by atoms with E-state index in [1.165, 1.54) is 30.2 Å². The molecule has 0 aliphatic heterocycles. The maximum atomic E-state index is 12.4. The molecule has 156 valence electrons. The molecule has 2 fully saturated rings. The monoisotopic (exact) mass is 412 g/mol. The normalized spacial score (nSPS) is 18.8. The summed E-state index contributed by atoms with van der Waals surface area (Å²) in [5, 5.41) is 12.9. The molecule has 1 amide bonds. The van der Waals surface area contributed by atoms with Crippen LogP contribution in [-0.4, -0.2) is 32.0 Å². The maximum Gasteiger partial charge on any atom is 0.233 e. The summed E-state index contributed by atoms with van der Waals surface area (Å²) in [6.45, 7) is 8.65. The molecular formula is C23H32N4OS. The Hall–Kier alpha value is -1.82. The molecule has 0 unspecified atom stereocenters. The number of nitrogens with zero attached hydrogens (tertiary/aromatic N) is 3. The standard InChI is InChI=1S/C23H32N4OS/c1-15(21(28)24-18-13-14-18)29-22-26-25-20(27(22)19-7-5-6-8-19)16-9-11-17(12-10-16)23(2,3)4/h9-12,15,18-19H,5-8,13-14H2,1-4H3,(H,24,28)/t15-/m0/s1. The van der Waals surface area contributed by atoms with Gasteiger partial charge in [-0.3, -0.25) is 9.36 Å². The van der Waals surface area contributed by atoms with Gasteiger partial charge in [-0.15, -0.1) is 10.2 Å². The van der Waals surface area contributed by atoms with Gasteiger partial charge in [0.2, 0.25) is 5.91 Å². The number of hydrogen-bond donors (Lipinski definition) is 1. The van der Waals surface area contributed by atoms with Gasteiger partial charge in [0.05, 0.1) is 5.25 Å². The molecule has 1 aromatic heterocycles. The van der Waals surface area contributed by atoms with Crippen molar-refractivity contribution >= 4 is 17.7 Å². The van der Waals surface area contributed by atoms with Crippen LogP contribution in [0.2, 0.25) is 0 Å². The molecule has 0 saturated heterocycles. The van der Waals surface area contributed by atoms with Crippen LogP contribution in [0, 0.1) is 0 Å². The minimum Gasteiger partial charge on any atom is -0.352 e. The summed E-state index contributed by atoms with van der Waals surface area (Å²) in [4.78, 5) is 12.4. The van der Waals surface area contributed by atoms with Crippen molar-refractivity contribution in [2.45, 2.75) is 94.1 Å². The van der Waals surface area contributed by atoms with E-state index in [2.05, 4.69) is 65.1 Å². The number of benzene rings is 1. The Labute approximate surface area is 178 Å². The Morgan fingerprint density at radius 1 is 1.10 bits per heavy atom. The average molecular weight is 413 g/mol. The van der Waals surface area contributed by atoms with E-state index in [-0.39, 0.29) is 16.6 Å². The van der Waals surface area contributed by atoms with Gasteiger partial charge in [-0.2, -0.15) is 0 Å². The predicted octanol–water partition coefficient (Wildman–Crippen LogP) is 5.12. The van der Waals surface area contributed by atoms with Crippen LogP contribution in [0.15, 0.2) is 29.4 Å². The molecule has 1 N–H and O–H groups in total. The third kappa shape index (κ3) is 4.68. The molecule has 2 saturated carbocycles. The molecule has 2 aromatic rings. The van der Waals surface area contributed by atoms with Crippen LogP contribution in [0.3, 0.4) is 0 Å². The lowest BCUT2D eigenvalue weighted by Crippen LogP contribution is -2.32. The van der Waals surface area contributed by atoms with Crippen LogP contribution >= 0.6 is 11.8 Å². The molecule has 6 heteroatoms. The second-order valence-electron chi connectivity index (χ2n) is 9.48. The highest BCUT2D eigenvalue weighted by molar-refractivity contribution is 8.00. The number of rotatable bonds is 6. The van der Waals surface area contributed by atoms with E-state index in [0.29, 0.717) is 12.1 Å². The van der Waals surface area contributed by atoms with Crippen LogP contribution in [0.5, 0.6) is 0 Å². The van der Waals surface area contributed by atoms with Crippen molar-refractivity contribution < 1.29 is 4.79 Å². The van der Waals surface area contributed by atoms with Gasteiger partial charge in [-0.25, -0.2) is 0 Å². The molecule has 0 bridgehead atoms. The van der Waals surface area contributed by atoms with E-state index in [9.17, 15) is 4.79 Å². The summed E-state index contributed by atoms with van der Waals surface area (Å²) in [6.07, 6.45) is 7.01. The predicted molar refractivity (Wildman–Crippen MR) is 118 cm³/mol. The van der Waals surface area contributed by atoms with E-state index in [4.69, 9.17) is 0 Å². The SMILES string of the molecule is C[C@H](Sc1nnc(-c2ccc(C(C)(C)C)cc2)n1C1CCCC1)C(=O)NC1CC1. The van der Waals surface area contributed by atoms with Crippen molar-refractivity contribution in [3.63, 3.8) is 0 Å². The van der Waals surface area contributed by atoms with Crippen molar-refractivity contribution in [3.05, 3.63) is 29.8 Å². The van der Waals surface area contributed by atoms with Crippen molar-refractivity contribution in [2.24, 2.45) is 0 Å². The molecule has 4 rings (SSSR count). The van der Waals surface area contributed by atoms with Crippen LogP contribution in [0.25, 0.3) is 11.4 Å². The maximum absolute atomic E-state index is 12.4. The van der Waals surface area contributed by atoms with Gasteiger partial charge in [0, 0.05) is 17.6 Å². The molecule has 0 spiro atoms. The molecule has 2 aliphatic carbocycles. The Bertz CT molecular complexity index is 858. The Morgan fingerprint density at radius 3 is 2.34 bits per heavy atom. The van der Waals surface area contributed by atoms with Crippen LogP contribution in [-0.2, 0) is 10.2 Å². The molecule has 29 heavy (non-hydrogen) atoms. The van der Waals surface area contributed by atoms with Crippen LogP contribution < -0.4 is 5.32 Å². The third-order valence-corrected chi connectivity index (χ3v) is 7.00. The molecule has 2 aliphatic rings. The number of carbonyl (C=O) groups is 1. The molecule has 1 aromatic carbocycles. The molecular weight excluding hydrogens is 380 g/mol. The number of carbonyl (C=O) groups excluding carboxylic acids is 1. The first kappa shape index (κ1) is 20.5. The highest BCUT2D eigenvalue weighted by atomic mass is 32.2. The summed E-state index contributed by atoms with van der Waals surface area (Å²) in [5.41, 5.74) is 2.54. The number of hydrogen-bond acceptors (Lipinski definition) is 4. The lowest BCUT2D eigenvalue weighted by Gasteiger charge is -2.20. The topological polar surface area (TPSA) is 59.8 Å². The summed E-state index contributed by atoms with van der Waals surface area (Å²) in [6, 6.07) is 9.52. The third-order valence-electron chi connectivity index (χ3n) is 5.94. The zero-order valence-corrected chi connectivity index (χ0v) is 18.8. The quantitative estimate of drug-likeness (QED) is 0.669. The minimum absolute atomic E-state index is 0.106. The number of aromatic nitrogens is 3. The van der Waals surface area contributed by atoms with E-state index in [0.717, 1.165) is 42.2 Å². The van der Waals surface area contributed by atoms with Crippen LogP contribution in [0.4, 0.5) is 0 Å². The number of thioether (sulfide) groups is 1. The van der Waals surface area contributed by atoms with E-state index in [1.807, 2.05) is 6.92 Å². The first-order valence-electron chi connectivity index (χ1n) is 10.9. The molecule has 1 atom stereocenters. The fourth-order valence-electron chi connectivity index (χ4n) is 3.92. The largest absolute Gasteiger partial charge is 0.352 e. The van der Waals surface area contributed by atoms with Gasteiger partial charge in [0.1, 0.15) is 0 Å². The smallest absolute Gasteiger partial charge is 0.233 e. The lowest BCUT2D eigenvalue weighted by molar-refractivity contribution is -0.120. The van der Waals surface area contributed by atoms with Gasteiger partial charge in [0.15, 0.2) is 11.0 Å². The highest BCUT2D eigenvalue weighted by Crippen LogP contribution is 2.38. The van der Waals surface area contributed by atoms with E-state index in [1.54, 1.807) is 0 Å². The van der Waals surface area contributed by atoms with Crippen molar-refractivity contribution in [1.82, 2.24) is 20.1 Å².